The molecule has 0 saturated carbocycles. The summed E-state index contributed by atoms with van der Waals surface area (Å²) >= 11 is 0.889. The largest absolute Gasteiger partial charge is 0.491 e. The van der Waals surface area contributed by atoms with E-state index in [0.29, 0.717) is 17.1 Å². The molecule has 2 rings (SSSR count). The number of carboxylic acids is 1. The normalized spacial score (nSPS) is 10.8. The third-order valence-electron chi connectivity index (χ3n) is 2.82. The van der Waals surface area contributed by atoms with E-state index in [1.807, 2.05) is 27.7 Å². The Balaban J connectivity index is 2.24. The van der Waals surface area contributed by atoms with Crippen LogP contribution in [0.15, 0.2) is 24.4 Å². The lowest BCUT2D eigenvalue weighted by Gasteiger charge is -2.15. The van der Waals surface area contributed by atoms with Gasteiger partial charge in [-0.2, -0.15) is 0 Å². The number of carbonyl (C=O) groups is 2. The van der Waals surface area contributed by atoms with E-state index in [4.69, 9.17) is 14.6 Å². The fourth-order valence-corrected chi connectivity index (χ4v) is 2.63. The minimum Gasteiger partial charge on any atom is -0.491 e. The highest BCUT2D eigenvalue weighted by atomic mass is 32.1. The lowest BCUT2D eigenvalue weighted by molar-refractivity contribution is 0.0701. The van der Waals surface area contributed by atoms with Crippen LogP contribution in [0.5, 0.6) is 11.5 Å². The second kappa shape index (κ2) is 7.98. The van der Waals surface area contributed by atoms with E-state index < -0.39 is 11.9 Å². The molecule has 1 aromatic carbocycles. The lowest BCUT2D eigenvalue weighted by atomic mass is 10.2. The summed E-state index contributed by atoms with van der Waals surface area (Å²) in [6.45, 7) is 7.55. The van der Waals surface area contributed by atoms with Crippen LogP contribution in [0.1, 0.15) is 47.7 Å². The first-order chi connectivity index (χ1) is 11.7. The number of ether oxygens (including phenoxy) is 2. The molecule has 8 heteroatoms. The molecule has 2 N–H and O–H groups in total. The summed E-state index contributed by atoms with van der Waals surface area (Å²) in [7, 11) is 0. The maximum absolute atomic E-state index is 12.5. The minimum atomic E-state index is -1.09. The molecule has 0 spiro atoms. The van der Waals surface area contributed by atoms with Crippen LogP contribution in [0.2, 0.25) is 0 Å². The molecule has 0 unspecified atom stereocenters. The molecule has 0 radical (unpaired) electrons. The first-order valence-electron chi connectivity index (χ1n) is 7.73. The molecule has 134 valence electrons. The van der Waals surface area contributed by atoms with Gasteiger partial charge < -0.3 is 14.6 Å². The van der Waals surface area contributed by atoms with Gasteiger partial charge in [-0.15, -0.1) is 0 Å². The molecule has 0 fully saturated rings. The quantitative estimate of drug-likeness (QED) is 0.778. The van der Waals surface area contributed by atoms with Gasteiger partial charge in [-0.3, -0.25) is 10.1 Å². The fraction of sp³-hybridized carbons (Fsp3) is 0.353. The van der Waals surface area contributed by atoms with Gasteiger partial charge in [0.1, 0.15) is 16.4 Å². The summed E-state index contributed by atoms with van der Waals surface area (Å²) in [5, 5.41) is 11.7. The number of nitrogens with one attached hydrogen (secondary N) is 1. The molecule has 0 aliphatic heterocycles. The molecule has 0 saturated heterocycles. The Hall–Kier alpha value is -2.61. The molecule has 7 nitrogen and oxygen atoms in total. The van der Waals surface area contributed by atoms with Crippen LogP contribution >= 0.6 is 11.3 Å². The van der Waals surface area contributed by atoms with E-state index in [9.17, 15) is 9.59 Å². The Labute approximate surface area is 149 Å². The van der Waals surface area contributed by atoms with Crippen molar-refractivity contribution in [3.05, 3.63) is 34.8 Å². The Kier molecular flexibility index (Phi) is 5.97. The van der Waals surface area contributed by atoms with Crippen LogP contribution in [-0.4, -0.2) is 34.2 Å². The molecule has 2 aromatic rings. The van der Waals surface area contributed by atoms with Crippen molar-refractivity contribution in [2.45, 2.75) is 39.9 Å². The Bertz CT molecular complexity index is 742. The van der Waals surface area contributed by atoms with Crippen molar-refractivity contribution >= 4 is 28.3 Å². The van der Waals surface area contributed by atoms with Gasteiger partial charge >= 0.3 is 5.97 Å². The molecular weight excluding hydrogens is 344 g/mol. The van der Waals surface area contributed by atoms with E-state index in [-0.39, 0.29) is 22.2 Å². The average molecular weight is 364 g/mol. The predicted octanol–water partition coefficient (Wildman–Crippen LogP) is 3.67. The number of rotatable bonds is 7. The number of hydrogen-bond acceptors (Lipinski definition) is 6. The topological polar surface area (TPSA) is 97.8 Å². The van der Waals surface area contributed by atoms with Crippen LogP contribution in [-0.2, 0) is 0 Å². The fourth-order valence-electron chi connectivity index (χ4n) is 1.98. The third kappa shape index (κ3) is 5.46. The summed E-state index contributed by atoms with van der Waals surface area (Å²) < 4.78 is 11.3. The van der Waals surface area contributed by atoms with E-state index in [0.717, 1.165) is 11.3 Å². The second-order valence-electron chi connectivity index (χ2n) is 5.82. The van der Waals surface area contributed by atoms with Crippen molar-refractivity contribution in [1.82, 2.24) is 4.98 Å². The van der Waals surface area contributed by atoms with Crippen molar-refractivity contribution in [1.29, 1.82) is 0 Å². The molecule has 0 atom stereocenters. The summed E-state index contributed by atoms with van der Waals surface area (Å²) in [5.41, 5.74) is 0.334. The summed E-state index contributed by atoms with van der Waals surface area (Å²) in [4.78, 5) is 27.3. The minimum absolute atomic E-state index is 0.0519. The van der Waals surface area contributed by atoms with Gasteiger partial charge in [0.05, 0.1) is 18.4 Å². The highest BCUT2D eigenvalue weighted by Crippen LogP contribution is 2.26. The van der Waals surface area contributed by atoms with Crippen molar-refractivity contribution < 1.29 is 24.2 Å². The van der Waals surface area contributed by atoms with Crippen LogP contribution < -0.4 is 14.8 Å². The zero-order chi connectivity index (χ0) is 18.6. The average Bonchev–Trinajstić information content (AvgIpc) is 2.94. The van der Waals surface area contributed by atoms with Gasteiger partial charge in [0.25, 0.3) is 5.91 Å². The number of hydrogen-bond donors (Lipinski definition) is 2. The van der Waals surface area contributed by atoms with Gasteiger partial charge in [0.15, 0.2) is 5.13 Å². The molecule has 1 aromatic heterocycles. The molecule has 0 bridgehead atoms. The van der Waals surface area contributed by atoms with Crippen molar-refractivity contribution in [2.75, 3.05) is 5.32 Å². The van der Waals surface area contributed by atoms with E-state index in [1.54, 1.807) is 18.2 Å². The number of aromatic nitrogens is 1. The zero-order valence-corrected chi connectivity index (χ0v) is 15.2. The van der Waals surface area contributed by atoms with Crippen LogP contribution in [0, 0.1) is 0 Å². The number of thiazole rings is 1. The van der Waals surface area contributed by atoms with Gasteiger partial charge in [-0.25, -0.2) is 9.78 Å². The maximum atomic E-state index is 12.5. The van der Waals surface area contributed by atoms with Gasteiger partial charge in [-0.05, 0) is 39.8 Å². The first-order valence-corrected chi connectivity index (χ1v) is 8.55. The Morgan fingerprint density at radius 1 is 1.08 bits per heavy atom. The Morgan fingerprint density at radius 2 is 1.64 bits per heavy atom. The standard InChI is InChI=1S/C17H20N2O5S/c1-9(2)23-12-5-11(6-13(7-12)24-10(3)4)15(20)19-17-18-8-14(25-17)16(21)22/h5-10H,1-4H3,(H,21,22)(H,18,19,20). The van der Waals surface area contributed by atoms with Gasteiger partial charge in [0, 0.05) is 11.6 Å². The molecule has 1 heterocycles. The predicted molar refractivity (Wildman–Crippen MR) is 95.0 cm³/mol. The third-order valence-corrected chi connectivity index (χ3v) is 3.72. The number of anilines is 1. The Morgan fingerprint density at radius 3 is 2.08 bits per heavy atom. The van der Waals surface area contributed by atoms with E-state index in [1.165, 1.54) is 6.20 Å². The number of carbonyl (C=O) groups excluding carboxylic acids is 1. The monoisotopic (exact) mass is 364 g/mol. The SMILES string of the molecule is CC(C)Oc1cc(OC(C)C)cc(C(=O)Nc2ncc(C(=O)O)s2)c1. The maximum Gasteiger partial charge on any atom is 0.347 e. The molecule has 1 amide bonds. The summed E-state index contributed by atoms with van der Waals surface area (Å²) in [5.74, 6) is -0.473. The number of nitrogens with zero attached hydrogens (tertiary/aromatic N) is 1. The summed E-state index contributed by atoms with van der Waals surface area (Å²) in [6.07, 6.45) is 1.10. The van der Waals surface area contributed by atoms with Crippen molar-refractivity contribution in [3.63, 3.8) is 0 Å². The van der Waals surface area contributed by atoms with Crippen molar-refractivity contribution in [3.8, 4) is 11.5 Å². The molecular formula is C17H20N2O5S. The molecule has 0 aliphatic carbocycles. The van der Waals surface area contributed by atoms with Crippen LogP contribution in [0.4, 0.5) is 5.13 Å². The van der Waals surface area contributed by atoms with E-state index in [2.05, 4.69) is 10.3 Å². The second-order valence-corrected chi connectivity index (χ2v) is 6.85. The molecule has 0 aliphatic rings. The van der Waals surface area contributed by atoms with Crippen molar-refractivity contribution in [2.24, 2.45) is 0 Å². The number of aromatic carboxylic acids is 1. The lowest BCUT2D eigenvalue weighted by Crippen LogP contribution is -2.14. The number of amides is 1. The molecule has 25 heavy (non-hydrogen) atoms. The van der Waals surface area contributed by atoms with Crippen LogP contribution in [0.25, 0.3) is 0 Å². The smallest absolute Gasteiger partial charge is 0.347 e. The number of carboxylic acid groups (broad SMARTS) is 1. The first kappa shape index (κ1) is 18.7. The van der Waals surface area contributed by atoms with Gasteiger partial charge in [-0.1, -0.05) is 11.3 Å². The highest BCUT2D eigenvalue weighted by molar-refractivity contribution is 7.17. The highest BCUT2D eigenvalue weighted by Gasteiger charge is 2.15. The van der Waals surface area contributed by atoms with Gasteiger partial charge in [0.2, 0.25) is 0 Å². The number of benzene rings is 1. The van der Waals surface area contributed by atoms with Crippen LogP contribution in [0.3, 0.4) is 0 Å². The summed E-state index contributed by atoms with van der Waals surface area (Å²) in [6, 6.07) is 4.94. The zero-order valence-electron chi connectivity index (χ0n) is 14.4. The van der Waals surface area contributed by atoms with E-state index >= 15 is 0 Å².